The van der Waals surface area contributed by atoms with Crippen LogP contribution in [0, 0.1) is 11.3 Å². The first-order valence-electron chi connectivity index (χ1n) is 9.36. The summed E-state index contributed by atoms with van der Waals surface area (Å²) in [5.74, 6) is 0.414. The maximum Gasteiger partial charge on any atom is 0.410 e. The van der Waals surface area contributed by atoms with Gasteiger partial charge < -0.3 is 14.4 Å². The zero-order valence-electron chi connectivity index (χ0n) is 15.7. The van der Waals surface area contributed by atoms with Crippen molar-refractivity contribution in [1.82, 2.24) is 4.90 Å². The summed E-state index contributed by atoms with van der Waals surface area (Å²) >= 11 is 0. The van der Waals surface area contributed by atoms with Crippen LogP contribution in [0.4, 0.5) is 4.79 Å². The molecular weight excluding hydrogens is 306 g/mol. The third-order valence-electron chi connectivity index (χ3n) is 5.40. The van der Waals surface area contributed by atoms with Gasteiger partial charge in [0, 0.05) is 19.5 Å². The molecule has 0 aromatic heterocycles. The number of nitrogens with zero attached hydrogens (tertiary/aromatic N) is 1. The summed E-state index contributed by atoms with van der Waals surface area (Å²) in [6, 6.07) is 0. The lowest BCUT2D eigenvalue weighted by Crippen LogP contribution is -2.46. The number of hydrogen-bond acceptors (Lipinski definition) is 4. The van der Waals surface area contributed by atoms with E-state index in [4.69, 9.17) is 9.47 Å². The highest BCUT2D eigenvalue weighted by molar-refractivity contribution is 5.69. The first-order valence-corrected chi connectivity index (χ1v) is 9.36. The second kappa shape index (κ2) is 7.75. The van der Waals surface area contributed by atoms with E-state index in [2.05, 4.69) is 0 Å². The van der Waals surface area contributed by atoms with Crippen LogP contribution in [-0.2, 0) is 14.3 Å². The fraction of sp³-hybridized carbons (Fsp3) is 0.895. The van der Waals surface area contributed by atoms with Gasteiger partial charge in [0.25, 0.3) is 0 Å². The van der Waals surface area contributed by atoms with Crippen LogP contribution in [0.5, 0.6) is 0 Å². The van der Waals surface area contributed by atoms with Crippen molar-refractivity contribution in [2.75, 3.05) is 19.7 Å². The van der Waals surface area contributed by atoms with Gasteiger partial charge in [0.05, 0.1) is 6.61 Å². The Morgan fingerprint density at radius 2 is 1.67 bits per heavy atom. The normalized spacial score (nSPS) is 21.6. The largest absolute Gasteiger partial charge is 0.466 e. The van der Waals surface area contributed by atoms with E-state index >= 15 is 0 Å². The predicted octanol–water partition coefficient (Wildman–Crippen LogP) is 4.15. The van der Waals surface area contributed by atoms with Crippen LogP contribution in [0.1, 0.15) is 72.6 Å². The molecular formula is C19H33NO4. The highest BCUT2D eigenvalue weighted by atomic mass is 16.6. The van der Waals surface area contributed by atoms with Crippen LogP contribution < -0.4 is 0 Å². The average molecular weight is 339 g/mol. The van der Waals surface area contributed by atoms with E-state index in [0.29, 0.717) is 24.4 Å². The molecule has 1 aliphatic heterocycles. The first-order chi connectivity index (χ1) is 11.2. The maximum atomic E-state index is 12.2. The van der Waals surface area contributed by atoms with Gasteiger partial charge in [0.1, 0.15) is 5.60 Å². The third kappa shape index (κ3) is 5.38. The molecule has 0 unspecified atom stereocenters. The molecule has 0 N–H and O–H groups in total. The Hall–Kier alpha value is -1.26. The Bertz CT molecular complexity index is 437. The van der Waals surface area contributed by atoms with E-state index in [-0.39, 0.29) is 12.1 Å². The Morgan fingerprint density at radius 1 is 1.08 bits per heavy atom. The zero-order valence-corrected chi connectivity index (χ0v) is 15.7. The van der Waals surface area contributed by atoms with Gasteiger partial charge >= 0.3 is 12.1 Å². The Kier molecular flexibility index (Phi) is 6.16. The minimum Gasteiger partial charge on any atom is -0.466 e. The van der Waals surface area contributed by atoms with Crippen molar-refractivity contribution in [2.24, 2.45) is 11.3 Å². The maximum absolute atomic E-state index is 12.2. The Morgan fingerprint density at radius 3 is 2.17 bits per heavy atom. The first kappa shape index (κ1) is 19.1. The molecule has 0 aromatic rings. The summed E-state index contributed by atoms with van der Waals surface area (Å²) in [5, 5.41) is 0. The molecule has 1 saturated heterocycles. The number of carbonyl (C=O) groups is 2. The molecule has 0 atom stereocenters. The van der Waals surface area contributed by atoms with E-state index < -0.39 is 5.60 Å². The Labute approximate surface area is 146 Å². The number of carbonyl (C=O) groups excluding carboxylic acids is 2. The lowest BCUT2D eigenvalue weighted by molar-refractivity contribution is -0.144. The quantitative estimate of drug-likeness (QED) is 0.725. The van der Waals surface area contributed by atoms with Crippen molar-refractivity contribution in [2.45, 2.75) is 78.2 Å². The molecule has 1 spiro atoms. The molecule has 2 rings (SSSR count). The van der Waals surface area contributed by atoms with Crippen molar-refractivity contribution >= 4 is 12.1 Å². The van der Waals surface area contributed by atoms with Gasteiger partial charge in [0.15, 0.2) is 0 Å². The second-order valence-electron chi connectivity index (χ2n) is 8.42. The van der Waals surface area contributed by atoms with E-state index in [1.165, 1.54) is 12.8 Å². The van der Waals surface area contributed by atoms with Crippen molar-refractivity contribution in [1.29, 1.82) is 0 Å². The monoisotopic (exact) mass is 339 g/mol. The molecule has 1 saturated carbocycles. The van der Waals surface area contributed by atoms with E-state index in [9.17, 15) is 9.59 Å². The van der Waals surface area contributed by atoms with Gasteiger partial charge in [-0.1, -0.05) is 0 Å². The van der Waals surface area contributed by atoms with Gasteiger partial charge in [-0.15, -0.1) is 0 Å². The highest BCUT2D eigenvalue weighted by Gasteiger charge is 2.40. The van der Waals surface area contributed by atoms with Crippen LogP contribution in [0.25, 0.3) is 0 Å². The van der Waals surface area contributed by atoms with E-state index in [1.807, 2.05) is 32.6 Å². The summed E-state index contributed by atoms with van der Waals surface area (Å²) in [5.41, 5.74) is -0.0684. The lowest BCUT2D eigenvalue weighted by atomic mass is 9.65. The standard InChI is InChI=1S/C19H33NO4/c1-5-23-16(21)14-15-6-8-19(9-7-15)10-12-20(13-11-19)17(22)24-18(2,3)4/h15H,5-14H2,1-4H3. The van der Waals surface area contributed by atoms with Crippen molar-refractivity contribution in [3.05, 3.63) is 0 Å². The van der Waals surface area contributed by atoms with Crippen LogP contribution in [0.3, 0.4) is 0 Å². The molecule has 5 nitrogen and oxygen atoms in total. The fourth-order valence-corrected chi connectivity index (χ4v) is 3.94. The van der Waals surface area contributed by atoms with Crippen LogP contribution in [0.2, 0.25) is 0 Å². The van der Waals surface area contributed by atoms with Crippen LogP contribution in [-0.4, -0.2) is 42.3 Å². The lowest BCUT2D eigenvalue weighted by Gasteiger charge is -2.45. The van der Waals surface area contributed by atoms with Crippen molar-refractivity contribution in [3.63, 3.8) is 0 Å². The van der Waals surface area contributed by atoms with E-state index in [0.717, 1.165) is 38.8 Å². The number of rotatable bonds is 3. The number of amides is 1. The average Bonchev–Trinajstić information content (AvgIpc) is 2.49. The van der Waals surface area contributed by atoms with Gasteiger partial charge in [-0.25, -0.2) is 4.79 Å². The molecule has 0 bridgehead atoms. The van der Waals surface area contributed by atoms with E-state index in [1.54, 1.807) is 0 Å². The molecule has 1 amide bonds. The molecule has 2 fully saturated rings. The topological polar surface area (TPSA) is 55.8 Å². The molecule has 1 heterocycles. The summed E-state index contributed by atoms with van der Waals surface area (Å²) in [6.45, 7) is 9.61. The minimum atomic E-state index is -0.433. The van der Waals surface area contributed by atoms with Gasteiger partial charge in [-0.2, -0.15) is 0 Å². The molecule has 0 radical (unpaired) electrons. The molecule has 2 aliphatic rings. The molecule has 1 aliphatic carbocycles. The summed E-state index contributed by atoms with van der Waals surface area (Å²) in [4.78, 5) is 25.7. The third-order valence-corrected chi connectivity index (χ3v) is 5.40. The number of ether oxygens (including phenoxy) is 2. The number of hydrogen-bond donors (Lipinski definition) is 0. The van der Waals surface area contributed by atoms with Crippen LogP contribution >= 0.6 is 0 Å². The number of esters is 1. The van der Waals surface area contributed by atoms with Crippen LogP contribution in [0.15, 0.2) is 0 Å². The SMILES string of the molecule is CCOC(=O)CC1CCC2(CC1)CCN(C(=O)OC(C)(C)C)CC2. The fourth-order valence-electron chi connectivity index (χ4n) is 3.94. The summed E-state index contributed by atoms with van der Waals surface area (Å²) in [7, 11) is 0. The van der Waals surface area contributed by atoms with Gasteiger partial charge in [0.2, 0.25) is 0 Å². The highest BCUT2D eigenvalue weighted by Crippen LogP contribution is 2.47. The summed E-state index contributed by atoms with van der Waals surface area (Å²) < 4.78 is 10.5. The molecule has 138 valence electrons. The van der Waals surface area contributed by atoms with Crippen molar-refractivity contribution in [3.8, 4) is 0 Å². The molecule has 5 heteroatoms. The molecule has 24 heavy (non-hydrogen) atoms. The Balaban J connectivity index is 1.76. The number of piperidine rings is 1. The van der Waals surface area contributed by atoms with Gasteiger partial charge in [-0.05, 0) is 77.6 Å². The smallest absolute Gasteiger partial charge is 0.410 e. The second-order valence-corrected chi connectivity index (χ2v) is 8.42. The van der Waals surface area contributed by atoms with Gasteiger partial charge in [-0.3, -0.25) is 4.79 Å². The molecule has 0 aromatic carbocycles. The number of likely N-dealkylation sites (tertiary alicyclic amines) is 1. The predicted molar refractivity (Wildman–Crippen MR) is 92.7 cm³/mol. The minimum absolute atomic E-state index is 0.0572. The summed E-state index contributed by atoms with van der Waals surface area (Å²) in [6.07, 6.45) is 7.02. The zero-order chi connectivity index (χ0) is 17.8. The van der Waals surface area contributed by atoms with Crippen molar-refractivity contribution < 1.29 is 19.1 Å².